The van der Waals surface area contributed by atoms with Gasteiger partial charge in [0, 0.05) is 24.3 Å². The molecule has 4 rings (SSSR count). The second kappa shape index (κ2) is 9.21. The molecule has 0 fully saturated rings. The Bertz CT molecular complexity index is 1290. The first-order chi connectivity index (χ1) is 15.8. The summed E-state index contributed by atoms with van der Waals surface area (Å²) in [7, 11) is -0.748. The highest BCUT2D eigenvalue weighted by Gasteiger charge is 2.28. The molecule has 0 saturated heterocycles. The predicted octanol–water partition coefficient (Wildman–Crippen LogP) is 3.84. The molecule has 33 heavy (non-hydrogen) atoms. The Morgan fingerprint density at radius 2 is 1.67 bits per heavy atom. The Hall–Kier alpha value is -3.43. The highest BCUT2D eigenvalue weighted by atomic mass is 32.2. The van der Waals surface area contributed by atoms with Crippen molar-refractivity contribution in [3.8, 4) is 11.5 Å². The smallest absolute Gasteiger partial charge is 0.255 e. The van der Waals surface area contributed by atoms with Gasteiger partial charge in [0.15, 0.2) is 11.5 Å². The lowest BCUT2D eigenvalue weighted by atomic mass is 10.0. The van der Waals surface area contributed by atoms with Gasteiger partial charge in [0.2, 0.25) is 10.0 Å². The number of amides is 1. The van der Waals surface area contributed by atoms with Crippen LogP contribution in [0.2, 0.25) is 0 Å². The van der Waals surface area contributed by atoms with Crippen LogP contribution in [-0.2, 0) is 23.0 Å². The monoisotopic (exact) mass is 470 g/mol. The molecule has 3 aromatic rings. The molecule has 9 heteroatoms. The van der Waals surface area contributed by atoms with Gasteiger partial charge in [-0.1, -0.05) is 6.07 Å². The van der Waals surface area contributed by atoms with Crippen LogP contribution in [0.3, 0.4) is 0 Å². The maximum Gasteiger partial charge on any atom is 0.255 e. The van der Waals surface area contributed by atoms with E-state index in [-0.39, 0.29) is 17.3 Å². The van der Waals surface area contributed by atoms with E-state index in [9.17, 15) is 17.6 Å². The van der Waals surface area contributed by atoms with Crippen molar-refractivity contribution in [2.45, 2.75) is 17.9 Å². The summed E-state index contributed by atoms with van der Waals surface area (Å²) in [6.07, 6.45) is 0.541. The SMILES string of the molecule is COc1ccc(C(=O)Nc2ccc3c(c2)CN(S(=O)(=O)c2ccc(F)cc2)CC3)cc1OC. The number of benzene rings is 3. The van der Waals surface area contributed by atoms with Crippen LogP contribution in [0, 0.1) is 5.82 Å². The van der Waals surface area contributed by atoms with Crippen molar-refractivity contribution >= 4 is 21.6 Å². The first-order valence-electron chi connectivity index (χ1n) is 10.2. The summed E-state index contributed by atoms with van der Waals surface area (Å²) in [5.41, 5.74) is 2.77. The van der Waals surface area contributed by atoms with Crippen LogP contribution < -0.4 is 14.8 Å². The van der Waals surface area contributed by atoms with E-state index in [1.54, 1.807) is 30.3 Å². The van der Waals surface area contributed by atoms with Crippen molar-refractivity contribution in [3.63, 3.8) is 0 Å². The Labute approximate surface area is 191 Å². The van der Waals surface area contributed by atoms with Gasteiger partial charge in [0.25, 0.3) is 5.91 Å². The van der Waals surface area contributed by atoms with Gasteiger partial charge in [-0.2, -0.15) is 4.31 Å². The minimum atomic E-state index is -3.76. The number of carbonyl (C=O) groups excluding carboxylic acids is 1. The fourth-order valence-electron chi connectivity index (χ4n) is 3.75. The zero-order valence-electron chi connectivity index (χ0n) is 18.2. The van der Waals surface area contributed by atoms with Crippen LogP contribution >= 0.6 is 0 Å². The molecule has 1 heterocycles. The molecule has 0 radical (unpaired) electrons. The van der Waals surface area contributed by atoms with Gasteiger partial charge >= 0.3 is 0 Å². The van der Waals surface area contributed by atoms with E-state index in [2.05, 4.69) is 5.32 Å². The third-order valence-corrected chi connectivity index (χ3v) is 7.40. The molecule has 0 atom stereocenters. The first-order valence-corrected chi connectivity index (χ1v) is 11.7. The fraction of sp³-hybridized carbons (Fsp3) is 0.208. The third-order valence-electron chi connectivity index (χ3n) is 5.54. The van der Waals surface area contributed by atoms with Crippen molar-refractivity contribution in [1.82, 2.24) is 4.31 Å². The minimum Gasteiger partial charge on any atom is -0.493 e. The molecule has 1 aliphatic rings. The number of rotatable bonds is 6. The normalized spacial score (nSPS) is 13.8. The van der Waals surface area contributed by atoms with E-state index >= 15 is 0 Å². The predicted molar refractivity (Wildman–Crippen MR) is 122 cm³/mol. The van der Waals surface area contributed by atoms with E-state index < -0.39 is 15.8 Å². The molecular formula is C24H23FN2O5S. The average Bonchev–Trinajstić information content (AvgIpc) is 2.83. The van der Waals surface area contributed by atoms with Gasteiger partial charge in [0.05, 0.1) is 19.1 Å². The summed E-state index contributed by atoms with van der Waals surface area (Å²) in [5, 5.41) is 2.84. The molecule has 1 amide bonds. The number of fused-ring (bicyclic) bond motifs is 1. The standard InChI is InChI=1S/C24H23FN2O5S/c1-31-22-10-4-17(14-23(22)32-2)24(28)26-20-7-3-16-11-12-27(15-18(16)13-20)33(29,30)21-8-5-19(25)6-9-21/h3-10,13-14H,11-12,15H2,1-2H3,(H,26,28). The lowest BCUT2D eigenvalue weighted by Gasteiger charge is -2.28. The van der Waals surface area contributed by atoms with Gasteiger partial charge in [-0.05, 0) is 72.1 Å². The van der Waals surface area contributed by atoms with Crippen LogP contribution in [0.1, 0.15) is 21.5 Å². The highest BCUT2D eigenvalue weighted by Crippen LogP contribution is 2.29. The number of carbonyl (C=O) groups is 1. The molecule has 0 spiro atoms. The van der Waals surface area contributed by atoms with Gasteiger partial charge in [-0.25, -0.2) is 12.8 Å². The van der Waals surface area contributed by atoms with E-state index in [1.165, 1.54) is 30.7 Å². The Morgan fingerprint density at radius 3 is 2.36 bits per heavy atom. The Morgan fingerprint density at radius 1 is 0.939 bits per heavy atom. The summed E-state index contributed by atoms with van der Waals surface area (Å²) >= 11 is 0. The van der Waals surface area contributed by atoms with Gasteiger partial charge in [-0.3, -0.25) is 4.79 Å². The second-order valence-electron chi connectivity index (χ2n) is 7.55. The van der Waals surface area contributed by atoms with Crippen molar-refractivity contribution < 1.29 is 27.1 Å². The molecule has 1 N–H and O–H groups in total. The summed E-state index contributed by atoms with van der Waals surface area (Å²) in [6, 6.07) is 15.1. The van der Waals surface area contributed by atoms with Crippen molar-refractivity contribution in [2.24, 2.45) is 0 Å². The van der Waals surface area contributed by atoms with E-state index in [4.69, 9.17) is 9.47 Å². The molecule has 7 nitrogen and oxygen atoms in total. The number of hydrogen-bond donors (Lipinski definition) is 1. The molecule has 0 aromatic heterocycles. The Balaban J connectivity index is 1.53. The van der Waals surface area contributed by atoms with Crippen LogP contribution in [0.4, 0.5) is 10.1 Å². The molecular weight excluding hydrogens is 447 g/mol. The lowest BCUT2D eigenvalue weighted by Crippen LogP contribution is -2.36. The molecule has 172 valence electrons. The van der Waals surface area contributed by atoms with Crippen LogP contribution in [0.15, 0.2) is 65.6 Å². The number of halogens is 1. The quantitative estimate of drug-likeness (QED) is 0.592. The van der Waals surface area contributed by atoms with Crippen molar-refractivity contribution in [2.75, 3.05) is 26.1 Å². The maximum atomic E-state index is 13.2. The second-order valence-corrected chi connectivity index (χ2v) is 9.49. The zero-order valence-corrected chi connectivity index (χ0v) is 19.0. The summed E-state index contributed by atoms with van der Waals surface area (Å²) in [5.74, 6) is 0.137. The van der Waals surface area contributed by atoms with Crippen molar-refractivity contribution in [3.05, 3.63) is 83.2 Å². The van der Waals surface area contributed by atoms with Gasteiger partial charge in [-0.15, -0.1) is 0 Å². The topological polar surface area (TPSA) is 84.9 Å². The van der Waals surface area contributed by atoms with Crippen LogP contribution in [0.25, 0.3) is 0 Å². The summed E-state index contributed by atoms with van der Waals surface area (Å²) in [4.78, 5) is 12.8. The number of anilines is 1. The van der Waals surface area contributed by atoms with Gasteiger partial charge in [0.1, 0.15) is 5.82 Å². The number of hydrogen-bond acceptors (Lipinski definition) is 5. The van der Waals surface area contributed by atoms with Gasteiger partial charge < -0.3 is 14.8 Å². The van der Waals surface area contributed by atoms with E-state index in [0.717, 1.165) is 23.3 Å². The highest BCUT2D eigenvalue weighted by molar-refractivity contribution is 7.89. The number of ether oxygens (including phenoxy) is 2. The van der Waals surface area contributed by atoms with Crippen molar-refractivity contribution in [1.29, 1.82) is 0 Å². The summed E-state index contributed by atoms with van der Waals surface area (Å²) in [6.45, 7) is 0.485. The zero-order chi connectivity index (χ0) is 23.6. The first kappa shape index (κ1) is 22.8. The maximum absolute atomic E-state index is 13.2. The average molecular weight is 471 g/mol. The van der Waals surface area contributed by atoms with E-state index in [0.29, 0.717) is 35.7 Å². The number of sulfonamides is 1. The third kappa shape index (κ3) is 4.69. The lowest BCUT2D eigenvalue weighted by molar-refractivity contribution is 0.102. The molecule has 3 aromatic carbocycles. The molecule has 0 unspecified atom stereocenters. The molecule has 1 aliphatic heterocycles. The number of nitrogens with one attached hydrogen (secondary N) is 1. The van der Waals surface area contributed by atoms with E-state index in [1.807, 2.05) is 6.07 Å². The number of methoxy groups -OCH3 is 2. The molecule has 0 aliphatic carbocycles. The van der Waals surface area contributed by atoms with Crippen LogP contribution in [0.5, 0.6) is 11.5 Å². The van der Waals surface area contributed by atoms with Crippen LogP contribution in [-0.4, -0.2) is 39.4 Å². The number of nitrogens with zero attached hydrogens (tertiary/aromatic N) is 1. The fourth-order valence-corrected chi connectivity index (χ4v) is 5.17. The molecule has 0 saturated carbocycles. The Kier molecular flexibility index (Phi) is 6.35. The minimum absolute atomic E-state index is 0.0465. The summed E-state index contributed by atoms with van der Waals surface area (Å²) < 4.78 is 51.0. The largest absolute Gasteiger partial charge is 0.493 e. The molecule has 0 bridgehead atoms.